The lowest BCUT2D eigenvalue weighted by Gasteiger charge is -2.30. The lowest BCUT2D eigenvalue weighted by atomic mass is 9.96. The van der Waals surface area contributed by atoms with Crippen LogP contribution in [0.3, 0.4) is 0 Å². The van der Waals surface area contributed by atoms with E-state index in [1.54, 1.807) is 11.3 Å². The van der Waals surface area contributed by atoms with Gasteiger partial charge in [-0.15, -0.1) is 11.3 Å². The number of ether oxygens (including phenoxy) is 1. The minimum Gasteiger partial charge on any atom is -0.491 e. The van der Waals surface area contributed by atoms with Gasteiger partial charge in [-0.2, -0.15) is 4.98 Å². The van der Waals surface area contributed by atoms with E-state index in [2.05, 4.69) is 32.5 Å². The minimum absolute atomic E-state index is 0.0772. The van der Waals surface area contributed by atoms with Gasteiger partial charge in [-0.05, 0) is 81.8 Å². The van der Waals surface area contributed by atoms with Gasteiger partial charge in [-0.3, -0.25) is 9.69 Å². The maximum Gasteiger partial charge on any atom is 0.241 e. The molecule has 1 saturated heterocycles. The SMILES string of the molecule is CC(C)Oc1cccc(CCCNC(=O)C2CCN(Cc3nc(-c4cccs4)no3)CC2)c1. The molecule has 0 atom stereocenters. The second-order valence-electron chi connectivity index (χ2n) is 8.75. The van der Waals surface area contributed by atoms with Gasteiger partial charge in [0.15, 0.2) is 0 Å². The molecule has 0 aliphatic carbocycles. The standard InChI is InChI=1S/C25H32N4O3S/c1-18(2)31-21-8-3-6-19(16-21)7-4-12-26-25(30)20-10-13-29(14-11-20)17-23-27-24(28-32-23)22-9-5-15-33-22/h3,5-6,8-9,15-16,18,20H,4,7,10-14,17H2,1-2H3,(H,26,30). The topological polar surface area (TPSA) is 80.5 Å². The summed E-state index contributed by atoms with van der Waals surface area (Å²) in [5.41, 5.74) is 1.24. The van der Waals surface area contributed by atoms with E-state index >= 15 is 0 Å². The molecule has 4 rings (SSSR count). The number of hydrogen-bond acceptors (Lipinski definition) is 7. The van der Waals surface area contributed by atoms with Gasteiger partial charge in [-0.1, -0.05) is 23.4 Å². The van der Waals surface area contributed by atoms with Crippen molar-refractivity contribution in [3.05, 3.63) is 53.2 Å². The number of nitrogens with one attached hydrogen (secondary N) is 1. The number of rotatable bonds is 10. The Balaban J connectivity index is 1.14. The number of nitrogens with zero attached hydrogens (tertiary/aromatic N) is 3. The number of amides is 1. The molecule has 1 aliphatic rings. The van der Waals surface area contributed by atoms with Crippen molar-refractivity contribution in [1.82, 2.24) is 20.4 Å². The number of thiophene rings is 1. The number of carbonyl (C=O) groups excluding carboxylic acids is 1. The number of aryl methyl sites for hydroxylation is 1. The highest BCUT2D eigenvalue weighted by molar-refractivity contribution is 7.13. The second kappa shape index (κ2) is 11.4. The van der Waals surface area contributed by atoms with E-state index in [9.17, 15) is 4.79 Å². The molecule has 8 heteroatoms. The summed E-state index contributed by atoms with van der Waals surface area (Å²) in [6.07, 6.45) is 3.71. The molecular formula is C25H32N4O3S. The minimum atomic E-state index is 0.0772. The fraction of sp³-hybridized carbons (Fsp3) is 0.480. The lowest BCUT2D eigenvalue weighted by molar-refractivity contribution is -0.126. The van der Waals surface area contributed by atoms with Gasteiger partial charge in [0.1, 0.15) is 5.75 Å². The summed E-state index contributed by atoms with van der Waals surface area (Å²) in [6, 6.07) is 12.2. The Morgan fingerprint density at radius 3 is 2.88 bits per heavy atom. The first-order valence-electron chi connectivity index (χ1n) is 11.7. The van der Waals surface area contributed by atoms with Crippen molar-refractivity contribution < 1.29 is 14.1 Å². The van der Waals surface area contributed by atoms with Gasteiger partial charge in [0.05, 0.1) is 17.5 Å². The van der Waals surface area contributed by atoms with Crippen LogP contribution >= 0.6 is 11.3 Å². The molecule has 0 saturated carbocycles. The summed E-state index contributed by atoms with van der Waals surface area (Å²) >= 11 is 1.60. The molecule has 1 aliphatic heterocycles. The quantitative estimate of drug-likeness (QED) is 0.440. The summed E-state index contributed by atoms with van der Waals surface area (Å²) < 4.78 is 11.2. The highest BCUT2D eigenvalue weighted by atomic mass is 32.1. The van der Waals surface area contributed by atoms with Crippen LogP contribution in [0, 0.1) is 5.92 Å². The van der Waals surface area contributed by atoms with Crippen LogP contribution in [-0.4, -0.2) is 46.7 Å². The molecule has 1 fully saturated rings. The Morgan fingerprint density at radius 2 is 2.12 bits per heavy atom. The largest absolute Gasteiger partial charge is 0.491 e. The maximum absolute atomic E-state index is 12.6. The highest BCUT2D eigenvalue weighted by Crippen LogP contribution is 2.23. The predicted molar refractivity (Wildman–Crippen MR) is 129 cm³/mol. The van der Waals surface area contributed by atoms with Crippen LogP contribution in [0.5, 0.6) is 5.75 Å². The Hall–Kier alpha value is -2.71. The van der Waals surface area contributed by atoms with Crippen molar-refractivity contribution in [3.63, 3.8) is 0 Å². The Labute approximate surface area is 199 Å². The van der Waals surface area contributed by atoms with E-state index < -0.39 is 0 Å². The van der Waals surface area contributed by atoms with Crippen molar-refractivity contribution in [2.24, 2.45) is 5.92 Å². The molecule has 0 radical (unpaired) electrons. The molecule has 3 aromatic rings. The normalized spacial score (nSPS) is 15.1. The molecule has 2 aromatic heterocycles. The van der Waals surface area contributed by atoms with Crippen molar-refractivity contribution in [2.45, 2.75) is 52.2 Å². The summed E-state index contributed by atoms with van der Waals surface area (Å²) in [5.74, 6) is 2.43. The second-order valence-corrected chi connectivity index (χ2v) is 9.70. The van der Waals surface area contributed by atoms with E-state index in [1.807, 2.05) is 43.5 Å². The summed E-state index contributed by atoms with van der Waals surface area (Å²) in [4.78, 5) is 20.4. The van der Waals surface area contributed by atoms with Crippen molar-refractivity contribution >= 4 is 17.2 Å². The molecule has 7 nitrogen and oxygen atoms in total. The Bertz CT molecular complexity index is 1010. The van der Waals surface area contributed by atoms with Crippen molar-refractivity contribution in [3.8, 4) is 16.5 Å². The van der Waals surface area contributed by atoms with Crippen LogP contribution in [0.4, 0.5) is 0 Å². The number of carbonyl (C=O) groups is 1. The van der Waals surface area contributed by atoms with Crippen LogP contribution in [0.15, 0.2) is 46.3 Å². The van der Waals surface area contributed by atoms with Crippen LogP contribution in [0.2, 0.25) is 0 Å². The smallest absolute Gasteiger partial charge is 0.241 e. The molecule has 33 heavy (non-hydrogen) atoms. The molecule has 176 valence electrons. The first-order chi connectivity index (χ1) is 16.1. The third kappa shape index (κ3) is 6.88. The lowest BCUT2D eigenvalue weighted by Crippen LogP contribution is -2.40. The number of hydrogen-bond donors (Lipinski definition) is 1. The average molecular weight is 469 g/mol. The molecule has 0 unspecified atom stereocenters. The third-order valence-corrected chi connectivity index (χ3v) is 6.60. The number of piperidine rings is 1. The molecule has 1 N–H and O–H groups in total. The van der Waals surface area contributed by atoms with Crippen LogP contribution < -0.4 is 10.1 Å². The number of likely N-dealkylation sites (tertiary alicyclic amines) is 1. The fourth-order valence-electron chi connectivity index (χ4n) is 4.06. The molecule has 1 amide bonds. The van der Waals surface area contributed by atoms with Gasteiger partial charge in [0, 0.05) is 12.5 Å². The monoisotopic (exact) mass is 468 g/mol. The van der Waals surface area contributed by atoms with Gasteiger partial charge in [0.2, 0.25) is 17.6 Å². The van der Waals surface area contributed by atoms with E-state index in [0.717, 1.165) is 49.4 Å². The third-order valence-electron chi connectivity index (χ3n) is 5.74. The highest BCUT2D eigenvalue weighted by Gasteiger charge is 2.25. The van der Waals surface area contributed by atoms with E-state index in [-0.39, 0.29) is 17.9 Å². The number of aromatic nitrogens is 2. The zero-order valence-corrected chi connectivity index (χ0v) is 20.1. The van der Waals surface area contributed by atoms with E-state index in [4.69, 9.17) is 9.26 Å². The van der Waals surface area contributed by atoms with Crippen LogP contribution in [-0.2, 0) is 17.8 Å². The van der Waals surface area contributed by atoms with E-state index in [0.29, 0.717) is 24.8 Å². The molecule has 0 bridgehead atoms. The summed E-state index contributed by atoms with van der Waals surface area (Å²) in [6.45, 7) is 7.10. The summed E-state index contributed by atoms with van der Waals surface area (Å²) in [5, 5.41) is 9.20. The van der Waals surface area contributed by atoms with Crippen LogP contribution in [0.1, 0.15) is 44.6 Å². The number of benzene rings is 1. The van der Waals surface area contributed by atoms with Gasteiger partial charge in [-0.25, -0.2) is 0 Å². The van der Waals surface area contributed by atoms with Crippen molar-refractivity contribution in [2.75, 3.05) is 19.6 Å². The predicted octanol–water partition coefficient (Wildman–Crippen LogP) is 4.55. The summed E-state index contributed by atoms with van der Waals surface area (Å²) in [7, 11) is 0. The zero-order chi connectivity index (χ0) is 23.0. The van der Waals surface area contributed by atoms with Crippen LogP contribution in [0.25, 0.3) is 10.7 Å². The average Bonchev–Trinajstić information content (AvgIpc) is 3.49. The Kier molecular flexibility index (Phi) is 8.12. The van der Waals surface area contributed by atoms with Gasteiger partial charge in [0.25, 0.3) is 0 Å². The fourth-order valence-corrected chi connectivity index (χ4v) is 4.71. The first kappa shape index (κ1) is 23.4. The zero-order valence-electron chi connectivity index (χ0n) is 19.3. The maximum atomic E-state index is 12.6. The molecule has 3 heterocycles. The van der Waals surface area contributed by atoms with Gasteiger partial charge < -0.3 is 14.6 Å². The molecular weight excluding hydrogens is 436 g/mol. The van der Waals surface area contributed by atoms with Gasteiger partial charge >= 0.3 is 0 Å². The van der Waals surface area contributed by atoms with Crippen molar-refractivity contribution in [1.29, 1.82) is 0 Å². The first-order valence-corrected chi connectivity index (χ1v) is 12.6. The Morgan fingerprint density at radius 1 is 1.27 bits per heavy atom. The molecule has 1 aromatic carbocycles. The molecule has 0 spiro atoms. The van der Waals surface area contributed by atoms with E-state index in [1.165, 1.54) is 5.56 Å².